The van der Waals surface area contributed by atoms with Crippen LogP contribution in [-0.4, -0.2) is 46.0 Å². The van der Waals surface area contributed by atoms with E-state index in [0.29, 0.717) is 33.2 Å². The van der Waals surface area contributed by atoms with Gasteiger partial charge in [-0.25, -0.2) is 4.79 Å². The number of halogens is 1. The number of benzene rings is 2. The quantitative estimate of drug-likeness (QED) is 0.137. The summed E-state index contributed by atoms with van der Waals surface area (Å²) in [5.41, 5.74) is 2.01. The first-order chi connectivity index (χ1) is 21.8. The van der Waals surface area contributed by atoms with Crippen LogP contribution in [0, 0.1) is 0 Å². The first-order valence-corrected chi connectivity index (χ1v) is 15.8. The van der Waals surface area contributed by atoms with Crippen LogP contribution in [0.5, 0.6) is 5.75 Å². The molecule has 46 heavy (non-hydrogen) atoms. The Bertz CT molecular complexity index is 1940. The highest BCUT2D eigenvalue weighted by molar-refractivity contribution is 6.31. The zero-order valence-electron chi connectivity index (χ0n) is 26.6. The molecule has 10 heteroatoms. The molecule has 0 amide bonds. The van der Waals surface area contributed by atoms with E-state index < -0.39 is 22.9 Å². The van der Waals surface area contributed by atoms with Crippen molar-refractivity contribution in [1.29, 1.82) is 0 Å². The minimum atomic E-state index is -0.854. The molecule has 6 rings (SSSR count). The Morgan fingerprint density at radius 2 is 1.80 bits per heavy atom. The molecule has 0 radical (unpaired) electrons. The first-order valence-electron chi connectivity index (χ1n) is 15.5. The molecule has 0 N–H and O–H groups in total. The lowest BCUT2D eigenvalue weighted by atomic mass is 9.88. The number of Topliss-reactive ketones (excluding diaryl/α,β-unsaturated/α-hetero) is 2. The molecule has 2 aromatic heterocycles. The Morgan fingerprint density at radius 3 is 2.46 bits per heavy atom. The molecule has 2 aromatic carbocycles. The van der Waals surface area contributed by atoms with Gasteiger partial charge < -0.3 is 18.8 Å². The standard InChI is InChI=1S/C36H37ClN2O7/c1-21(40)25-9-8-24(37)18-26(25)27-19-33(42)38(20-32(27)44-5)29(11-14-45-35(2,3)4)31(41)16-22-7-10-28-23(15-22)17-30-34(43)46-36(39(28)30)12-6-13-36/h7-10,15,17-20,29H,6,11-14,16H2,1-5H3. The van der Waals surface area contributed by atoms with E-state index in [2.05, 4.69) is 0 Å². The summed E-state index contributed by atoms with van der Waals surface area (Å²) in [5.74, 6) is -0.365. The van der Waals surface area contributed by atoms with E-state index in [0.717, 1.165) is 35.7 Å². The molecular weight excluding hydrogens is 608 g/mol. The molecule has 0 bridgehead atoms. The molecule has 1 saturated carbocycles. The van der Waals surface area contributed by atoms with Gasteiger partial charge in [0.05, 0.1) is 30.5 Å². The molecule has 1 atom stereocenters. The Labute approximate surface area is 272 Å². The number of pyridine rings is 1. The van der Waals surface area contributed by atoms with E-state index in [1.807, 2.05) is 49.6 Å². The molecule has 1 fully saturated rings. The lowest BCUT2D eigenvalue weighted by molar-refractivity contribution is -0.122. The zero-order valence-corrected chi connectivity index (χ0v) is 27.4. The number of hydrogen-bond donors (Lipinski definition) is 0. The molecule has 1 spiro atoms. The Morgan fingerprint density at radius 1 is 1.04 bits per heavy atom. The van der Waals surface area contributed by atoms with Gasteiger partial charge in [0.2, 0.25) is 0 Å². The summed E-state index contributed by atoms with van der Waals surface area (Å²) >= 11 is 6.27. The van der Waals surface area contributed by atoms with E-state index in [1.54, 1.807) is 18.2 Å². The second-order valence-electron chi connectivity index (χ2n) is 13.1. The summed E-state index contributed by atoms with van der Waals surface area (Å²) in [6.45, 7) is 7.48. The van der Waals surface area contributed by atoms with Gasteiger partial charge in [0.25, 0.3) is 5.56 Å². The smallest absolute Gasteiger partial charge is 0.357 e. The maximum atomic E-state index is 14.1. The molecular formula is C36H37ClN2O7. The van der Waals surface area contributed by atoms with Gasteiger partial charge in [-0.2, -0.15) is 0 Å². The number of carbonyl (C=O) groups excluding carboxylic acids is 3. The third kappa shape index (κ3) is 5.78. The highest BCUT2D eigenvalue weighted by Crippen LogP contribution is 2.48. The average Bonchev–Trinajstić information content (AvgIpc) is 3.49. The van der Waals surface area contributed by atoms with E-state index in [-0.39, 0.29) is 37.0 Å². The number of ketones is 2. The van der Waals surface area contributed by atoms with E-state index >= 15 is 0 Å². The number of methoxy groups -OCH3 is 1. The topological polar surface area (TPSA) is 106 Å². The van der Waals surface area contributed by atoms with Gasteiger partial charge >= 0.3 is 5.97 Å². The Kier molecular flexibility index (Phi) is 8.19. The van der Waals surface area contributed by atoms with Crippen molar-refractivity contribution in [3.05, 3.63) is 86.9 Å². The van der Waals surface area contributed by atoms with Gasteiger partial charge in [0, 0.05) is 53.5 Å². The number of hydrogen-bond acceptors (Lipinski definition) is 7. The summed E-state index contributed by atoms with van der Waals surface area (Å²) in [6.07, 6.45) is 4.42. The number of carbonyl (C=O) groups is 3. The lowest BCUT2D eigenvalue weighted by Crippen LogP contribution is -2.39. The maximum Gasteiger partial charge on any atom is 0.357 e. The van der Waals surface area contributed by atoms with Crippen molar-refractivity contribution >= 4 is 40.0 Å². The number of fused-ring (bicyclic) bond motifs is 4. The highest BCUT2D eigenvalue weighted by Gasteiger charge is 2.50. The first kappa shape index (κ1) is 31.8. The number of ether oxygens (including phenoxy) is 3. The van der Waals surface area contributed by atoms with Crippen LogP contribution in [0.2, 0.25) is 5.02 Å². The highest BCUT2D eigenvalue weighted by atomic mass is 35.5. The van der Waals surface area contributed by atoms with Gasteiger partial charge in [0.15, 0.2) is 17.3 Å². The van der Waals surface area contributed by atoms with Crippen molar-refractivity contribution in [2.75, 3.05) is 13.7 Å². The largest absolute Gasteiger partial charge is 0.495 e. The number of aromatic nitrogens is 2. The minimum Gasteiger partial charge on any atom is -0.495 e. The van der Waals surface area contributed by atoms with Crippen LogP contribution in [-0.2, 0) is 26.4 Å². The third-order valence-electron chi connectivity index (χ3n) is 8.83. The Balaban J connectivity index is 1.35. The summed E-state index contributed by atoms with van der Waals surface area (Å²) in [7, 11) is 1.47. The molecule has 240 valence electrons. The second-order valence-corrected chi connectivity index (χ2v) is 13.5. The van der Waals surface area contributed by atoms with Crippen molar-refractivity contribution in [2.24, 2.45) is 0 Å². The summed E-state index contributed by atoms with van der Waals surface area (Å²) < 4.78 is 20.8. The number of esters is 1. The predicted octanol–water partition coefficient (Wildman–Crippen LogP) is 6.90. The van der Waals surface area contributed by atoms with Crippen molar-refractivity contribution in [3.8, 4) is 16.9 Å². The monoisotopic (exact) mass is 644 g/mol. The molecule has 1 aliphatic carbocycles. The molecule has 9 nitrogen and oxygen atoms in total. The van der Waals surface area contributed by atoms with Gasteiger partial charge in [0.1, 0.15) is 11.4 Å². The van der Waals surface area contributed by atoms with Crippen LogP contribution < -0.4 is 10.3 Å². The zero-order chi connectivity index (χ0) is 33.0. The number of rotatable bonds is 10. The fourth-order valence-corrected chi connectivity index (χ4v) is 6.65. The maximum absolute atomic E-state index is 14.1. The van der Waals surface area contributed by atoms with Crippen LogP contribution in [0.15, 0.2) is 59.5 Å². The van der Waals surface area contributed by atoms with Gasteiger partial charge in [-0.05, 0) is 88.1 Å². The van der Waals surface area contributed by atoms with Crippen molar-refractivity contribution in [3.63, 3.8) is 0 Å². The van der Waals surface area contributed by atoms with E-state index in [9.17, 15) is 19.2 Å². The van der Waals surface area contributed by atoms with Crippen molar-refractivity contribution in [2.45, 2.75) is 77.2 Å². The van der Waals surface area contributed by atoms with Gasteiger partial charge in [-0.3, -0.25) is 19.0 Å². The normalized spacial score (nSPS) is 15.8. The second kappa shape index (κ2) is 11.9. The summed E-state index contributed by atoms with van der Waals surface area (Å²) in [6, 6.07) is 13.0. The van der Waals surface area contributed by atoms with Crippen molar-refractivity contribution in [1.82, 2.24) is 9.13 Å². The molecule has 1 unspecified atom stereocenters. The van der Waals surface area contributed by atoms with Gasteiger partial charge in [-0.1, -0.05) is 17.7 Å². The summed E-state index contributed by atoms with van der Waals surface area (Å²) in [4.78, 5) is 52.8. The summed E-state index contributed by atoms with van der Waals surface area (Å²) in [5, 5.41) is 1.27. The molecule has 0 saturated heterocycles. The van der Waals surface area contributed by atoms with Crippen LogP contribution in [0.25, 0.3) is 22.0 Å². The fourth-order valence-electron chi connectivity index (χ4n) is 6.48. The molecule has 4 aromatic rings. The molecule has 3 heterocycles. The van der Waals surface area contributed by atoms with Crippen LogP contribution >= 0.6 is 11.6 Å². The van der Waals surface area contributed by atoms with Crippen molar-refractivity contribution < 1.29 is 28.6 Å². The lowest BCUT2D eigenvalue weighted by Gasteiger charge is -2.38. The number of nitrogens with zero attached hydrogens (tertiary/aromatic N) is 2. The Hall–Kier alpha value is -4.21. The van der Waals surface area contributed by atoms with Crippen LogP contribution in [0.4, 0.5) is 0 Å². The predicted molar refractivity (Wildman–Crippen MR) is 175 cm³/mol. The SMILES string of the molecule is COc1cn(C(CCOC(C)(C)C)C(=O)Cc2ccc3c(c2)cc2n3C3(CCC3)OC2=O)c(=O)cc1-c1cc(Cl)ccc1C(C)=O. The fraction of sp³-hybridized carbons (Fsp3) is 0.389. The molecule has 1 aliphatic heterocycles. The van der Waals surface area contributed by atoms with Crippen LogP contribution in [0.3, 0.4) is 0 Å². The third-order valence-corrected chi connectivity index (χ3v) is 9.06. The average molecular weight is 645 g/mol. The molecule has 2 aliphatic rings. The van der Waals surface area contributed by atoms with Crippen LogP contribution in [0.1, 0.15) is 85.8 Å². The minimum absolute atomic E-state index is 0.0610. The van der Waals surface area contributed by atoms with E-state index in [1.165, 1.54) is 30.9 Å². The van der Waals surface area contributed by atoms with E-state index in [4.69, 9.17) is 25.8 Å². The van der Waals surface area contributed by atoms with Gasteiger partial charge in [-0.15, -0.1) is 0 Å².